The van der Waals surface area contributed by atoms with Crippen molar-refractivity contribution in [2.45, 2.75) is 10.8 Å². The molecule has 0 unspecified atom stereocenters. The van der Waals surface area contributed by atoms with Crippen molar-refractivity contribution in [2.24, 2.45) is 0 Å². The highest BCUT2D eigenvalue weighted by Crippen LogP contribution is 2.65. The third-order valence-corrected chi connectivity index (χ3v) is 14.4. The highest BCUT2D eigenvalue weighted by Gasteiger charge is 2.53. The van der Waals surface area contributed by atoms with Crippen LogP contribution in [0.1, 0.15) is 44.5 Å². The maximum atomic E-state index is 10.2. The molecule has 0 heterocycles. The molecule has 0 fully saturated rings. The number of fused-ring (bicyclic) bond motifs is 20. The van der Waals surface area contributed by atoms with Crippen molar-refractivity contribution in [2.75, 3.05) is 26.4 Å². The minimum Gasteiger partial charge on any atom is -0.491 e. The van der Waals surface area contributed by atoms with Crippen LogP contribution in [0.4, 0.5) is 0 Å². The summed E-state index contributed by atoms with van der Waals surface area (Å²) in [7, 11) is 0. The van der Waals surface area contributed by atoms with Crippen LogP contribution < -0.4 is 9.47 Å². The van der Waals surface area contributed by atoms with Crippen molar-refractivity contribution < 1.29 is 19.7 Å². The van der Waals surface area contributed by atoms with E-state index < -0.39 is 10.8 Å². The van der Waals surface area contributed by atoms with Gasteiger partial charge in [-0.2, -0.15) is 0 Å². The maximum absolute atomic E-state index is 10.2. The summed E-state index contributed by atoms with van der Waals surface area (Å²) in [4.78, 5) is 0. The van der Waals surface area contributed by atoms with E-state index in [0.29, 0.717) is 11.5 Å². The highest BCUT2D eigenvalue weighted by molar-refractivity contribution is 5.98. The molecule has 0 atom stereocenters. The van der Waals surface area contributed by atoms with E-state index in [0.717, 1.165) is 22.3 Å². The lowest BCUT2D eigenvalue weighted by atomic mass is 9.70. The summed E-state index contributed by atoms with van der Waals surface area (Å²) >= 11 is 0. The minimum absolute atomic E-state index is 0.126. The molecule has 9 aromatic carbocycles. The van der Waals surface area contributed by atoms with E-state index in [4.69, 9.17) is 9.47 Å². The Bertz CT molecular complexity index is 3040. The van der Waals surface area contributed by atoms with Crippen LogP contribution >= 0.6 is 0 Å². The molecule has 2 spiro atoms. The van der Waals surface area contributed by atoms with Gasteiger partial charge in [0.15, 0.2) is 0 Å². The highest BCUT2D eigenvalue weighted by atomic mass is 16.5. The summed E-state index contributed by atoms with van der Waals surface area (Å²) in [6, 6.07) is 70.7. The molecule has 0 aromatic heterocycles. The monoisotopic (exact) mass is 826 g/mol. The summed E-state index contributed by atoms with van der Waals surface area (Å²) < 4.78 is 13.1. The molecule has 64 heavy (non-hydrogen) atoms. The van der Waals surface area contributed by atoms with Gasteiger partial charge in [0.2, 0.25) is 0 Å². The third-order valence-electron chi connectivity index (χ3n) is 14.4. The fraction of sp³-hybridized carbons (Fsp3) is 0.100. The van der Waals surface area contributed by atoms with Gasteiger partial charge in [-0.3, -0.25) is 0 Å². The molecule has 4 nitrogen and oxygen atoms in total. The van der Waals surface area contributed by atoms with Crippen LogP contribution in [0, 0.1) is 0 Å². The van der Waals surface area contributed by atoms with Crippen LogP contribution in [0.2, 0.25) is 0 Å². The smallest absolute Gasteiger partial charge is 0.128 e. The second kappa shape index (κ2) is 14.0. The van der Waals surface area contributed by atoms with E-state index in [1.54, 1.807) is 0 Å². The largest absolute Gasteiger partial charge is 0.491 e. The first kappa shape index (κ1) is 37.1. The molecular weight excluding hydrogens is 785 g/mol. The van der Waals surface area contributed by atoms with Crippen molar-refractivity contribution in [3.05, 3.63) is 239 Å². The van der Waals surface area contributed by atoms with Gasteiger partial charge in [-0.15, -0.1) is 0 Å². The van der Waals surface area contributed by atoms with Gasteiger partial charge in [-0.1, -0.05) is 170 Å². The first-order valence-corrected chi connectivity index (χ1v) is 22.2. The zero-order chi connectivity index (χ0) is 42.6. The molecule has 0 aliphatic heterocycles. The Morgan fingerprint density at radius 2 is 0.547 bits per heavy atom. The predicted molar refractivity (Wildman–Crippen MR) is 255 cm³/mol. The number of rotatable bonds is 8. The second-order valence-corrected chi connectivity index (χ2v) is 17.3. The Morgan fingerprint density at radius 1 is 0.281 bits per heavy atom. The van der Waals surface area contributed by atoms with E-state index in [2.05, 4.69) is 194 Å². The zero-order valence-corrected chi connectivity index (χ0v) is 35.0. The molecule has 0 radical (unpaired) electrons. The van der Waals surface area contributed by atoms with Crippen molar-refractivity contribution in [3.8, 4) is 78.3 Å². The summed E-state index contributed by atoms with van der Waals surface area (Å²) in [5, 5.41) is 20.4. The van der Waals surface area contributed by atoms with Crippen molar-refractivity contribution >= 4 is 0 Å². The molecule has 0 amide bonds. The molecule has 4 aliphatic rings. The summed E-state index contributed by atoms with van der Waals surface area (Å²) in [5.74, 6) is 1.29. The van der Waals surface area contributed by atoms with Gasteiger partial charge in [0.05, 0.1) is 24.0 Å². The zero-order valence-electron chi connectivity index (χ0n) is 35.0. The van der Waals surface area contributed by atoms with E-state index in [9.17, 15) is 10.2 Å². The topological polar surface area (TPSA) is 58.9 Å². The lowest BCUT2D eigenvalue weighted by Gasteiger charge is -2.31. The Kier molecular flexibility index (Phi) is 8.12. The Labute approximate surface area is 372 Å². The summed E-state index contributed by atoms with van der Waals surface area (Å²) in [5.41, 5.74) is 22.7. The second-order valence-electron chi connectivity index (χ2n) is 17.3. The minimum atomic E-state index is -0.507. The average Bonchev–Trinajstić information content (AvgIpc) is 4.04. The molecule has 306 valence electrons. The normalized spacial score (nSPS) is 14.3. The quantitative estimate of drug-likeness (QED) is 0.160. The molecule has 2 N–H and O–H groups in total. The Balaban J connectivity index is 1.03. The van der Waals surface area contributed by atoms with Crippen LogP contribution in [0.25, 0.3) is 66.8 Å². The average molecular weight is 827 g/mol. The van der Waals surface area contributed by atoms with Gasteiger partial charge in [0.1, 0.15) is 24.7 Å². The summed E-state index contributed by atoms with van der Waals surface area (Å²) in [6.07, 6.45) is 0. The number of aliphatic hydroxyl groups is 2. The number of aliphatic hydroxyl groups excluding tert-OH is 2. The molecule has 0 bridgehead atoms. The van der Waals surface area contributed by atoms with Crippen LogP contribution in [0.3, 0.4) is 0 Å². The van der Waals surface area contributed by atoms with Gasteiger partial charge >= 0.3 is 0 Å². The Morgan fingerprint density at radius 3 is 0.828 bits per heavy atom. The number of hydrogen-bond donors (Lipinski definition) is 2. The number of ether oxygens (including phenoxy) is 2. The van der Waals surface area contributed by atoms with Gasteiger partial charge in [0, 0.05) is 11.1 Å². The van der Waals surface area contributed by atoms with Gasteiger partial charge in [0.25, 0.3) is 0 Å². The fourth-order valence-electron chi connectivity index (χ4n) is 12.1. The lowest BCUT2D eigenvalue weighted by molar-refractivity contribution is 0.199. The van der Waals surface area contributed by atoms with Crippen LogP contribution in [0.5, 0.6) is 11.5 Å². The third kappa shape index (κ3) is 4.79. The van der Waals surface area contributed by atoms with Gasteiger partial charge in [-0.25, -0.2) is 0 Å². The van der Waals surface area contributed by atoms with Gasteiger partial charge in [-0.05, 0) is 124 Å². The molecule has 9 aromatic rings. The van der Waals surface area contributed by atoms with E-state index in [-0.39, 0.29) is 26.4 Å². The predicted octanol–water partition coefficient (Wildman–Crippen LogP) is 12.4. The maximum Gasteiger partial charge on any atom is 0.128 e. The first-order chi connectivity index (χ1) is 31.7. The van der Waals surface area contributed by atoms with Crippen molar-refractivity contribution in [3.63, 3.8) is 0 Å². The molecule has 13 rings (SSSR count). The summed E-state index contributed by atoms with van der Waals surface area (Å²) in [6.45, 7) is -0.0145. The Hall–Kier alpha value is -7.50. The first-order valence-electron chi connectivity index (χ1n) is 22.2. The molecule has 4 aliphatic carbocycles. The van der Waals surface area contributed by atoms with Crippen molar-refractivity contribution in [1.82, 2.24) is 0 Å². The SMILES string of the molecule is OCCOc1cc(-c2ccc3c(c2)C2(c4ccccc4-c4ccccc42)c2ccccc2-3)c(OCCO)cc1-c1ccc2c(c1)C1(c3ccccc3-c3ccccc31)c1ccccc1-2. The molecule has 0 saturated heterocycles. The lowest BCUT2D eigenvalue weighted by Crippen LogP contribution is -2.25. The van der Waals surface area contributed by atoms with Crippen LogP contribution in [-0.4, -0.2) is 36.6 Å². The fourth-order valence-corrected chi connectivity index (χ4v) is 12.1. The van der Waals surface area contributed by atoms with E-state index in [1.165, 1.54) is 89.0 Å². The van der Waals surface area contributed by atoms with Crippen LogP contribution in [-0.2, 0) is 10.8 Å². The van der Waals surface area contributed by atoms with Crippen molar-refractivity contribution in [1.29, 1.82) is 0 Å². The number of hydrogen-bond acceptors (Lipinski definition) is 4. The molecule has 0 saturated carbocycles. The molecule has 4 heteroatoms. The molecular formula is C60H42O4. The van der Waals surface area contributed by atoms with Crippen LogP contribution in [0.15, 0.2) is 194 Å². The van der Waals surface area contributed by atoms with E-state index in [1.807, 2.05) is 0 Å². The standard InChI is InChI=1S/C60H42O4/c61-29-31-63-57-36-48(38-26-28-46-44-18-6-12-24-54(44)60(56(46)34-38)51-21-9-3-15-41(51)42-16-4-10-22-52(42)60)58(64-32-30-62)35-47(57)37-25-27-45-43-17-5-11-23-53(43)59(55(45)33-37)49-19-7-1-13-39(49)40-14-2-8-20-50(40)59/h1-28,33-36,61-62H,29-32H2. The van der Waals surface area contributed by atoms with E-state index >= 15 is 0 Å². The number of benzene rings is 9. The van der Waals surface area contributed by atoms with Gasteiger partial charge < -0.3 is 19.7 Å².